The minimum absolute atomic E-state index is 0.0666. The second-order valence-electron chi connectivity index (χ2n) is 2.56. The highest BCUT2D eigenvalue weighted by Gasteiger charge is 2.06. The van der Waals surface area contributed by atoms with E-state index in [4.69, 9.17) is 16.2 Å². The highest BCUT2D eigenvalue weighted by molar-refractivity contribution is 7.85. The minimum atomic E-state index is -4.02. The molecule has 0 aromatic heterocycles. The largest absolute Gasteiger partial charge is 0.294 e. The van der Waals surface area contributed by atoms with Gasteiger partial charge in [0.15, 0.2) is 0 Å². The van der Waals surface area contributed by atoms with E-state index in [0.29, 0.717) is 0 Å². The lowest BCUT2D eigenvalue weighted by Crippen LogP contribution is -1.96. The fourth-order valence-electron chi connectivity index (χ4n) is 0.710. The molecule has 0 radical (unpaired) electrons. The van der Waals surface area contributed by atoms with Gasteiger partial charge in [0, 0.05) is 5.88 Å². The van der Waals surface area contributed by atoms with Crippen LogP contribution in [0.3, 0.4) is 0 Å². The second-order valence-corrected chi connectivity index (χ2v) is 4.51. The first-order valence-corrected chi connectivity index (χ1v) is 5.99. The zero-order valence-electron chi connectivity index (χ0n) is 8.07. The third kappa shape index (κ3) is 5.21. The summed E-state index contributed by atoms with van der Waals surface area (Å²) in [5.41, 5.74) is 0.956. The van der Waals surface area contributed by atoms with Gasteiger partial charge in [-0.2, -0.15) is 8.42 Å². The van der Waals surface area contributed by atoms with Crippen molar-refractivity contribution in [2.45, 2.75) is 18.7 Å². The van der Waals surface area contributed by atoms with Gasteiger partial charge >= 0.3 is 0 Å². The lowest BCUT2D eigenvalue weighted by Gasteiger charge is -1.95. The van der Waals surface area contributed by atoms with E-state index < -0.39 is 10.1 Å². The molecule has 0 amide bonds. The molecule has 0 aliphatic rings. The normalized spacial score (nSPS) is 10.3. The van der Waals surface area contributed by atoms with Crippen LogP contribution in [0.5, 0.6) is 0 Å². The maximum atomic E-state index is 10.5. The van der Waals surface area contributed by atoms with Crippen molar-refractivity contribution in [2.75, 3.05) is 5.88 Å². The number of hydrogen-bond acceptors (Lipinski definition) is 2. The SMILES string of the molecule is CCCl.Cc1ccc(S(=O)(=O)O)cc1. The molecule has 1 aromatic rings. The Morgan fingerprint density at radius 1 is 1.29 bits per heavy atom. The molecule has 0 atom stereocenters. The highest BCUT2D eigenvalue weighted by atomic mass is 35.5. The van der Waals surface area contributed by atoms with Gasteiger partial charge in [-0.1, -0.05) is 24.6 Å². The van der Waals surface area contributed by atoms with Crippen molar-refractivity contribution < 1.29 is 13.0 Å². The van der Waals surface area contributed by atoms with Crippen LogP contribution in [0, 0.1) is 6.92 Å². The van der Waals surface area contributed by atoms with E-state index in [2.05, 4.69) is 0 Å². The highest BCUT2D eigenvalue weighted by Crippen LogP contribution is 2.08. The first kappa shape index (κ1) is 13.4. The standard InChI is InChI=1S/C7H8O3S.C2H5Cl/c1-6-2-4-7(5-3-6)11(8,9)10;1-2-3/h2-5H,1H3,(H,8,9,10);2H2,1H3. The Kier molecular flexibility index (Phi) is 5.76. The predicted octanol–water partition coefficient (Wildman–Crippen LogP) is 2.49. The fraction of sp³-hybridized carbons (Fsp3) is 0.333. The molecule has 0 fully saturated rings. The van der Waals surface area contributed by atoms with Crippen molar-refractivity contribution in [1.29, 1.82) is 0 Å². The minimum Gasteiger partial charge on any atom is -0.282 e. The molecule has 0 heterocycles. The van der Waals surface area contributed by atoms with Crippen LogP contribution in [0.4, 0.5) is 0 Å². The topological polar surface area (TPSA) is 54.4 Å². The summed E-state index contributed by atoms with van der Waals surface area (Å²) in [7, 11) is -4.02. The molecule has 5 heteroatoms. The molecule has 1 rings (SSSR count). The Bertz CT molecular complexity index is 356. The fourth-order valence-corrected chi connectivity index (χ4v) is 1.19. The Morgan fingerprint density at radius 2 is 1.64 bits per heavy atom. The Morgan fingerprint density at radius 3 is 1.93 bits per heavy atom. The van der Waals surface area contributed by atoms with Gasteiger partial charge in [0.2, 0.25) is 0 Å². The van der Waals surface area contributed by atoms with Gasteiger partial charge in [-0.05, 0) is 19.1 Å². The summed E-state index contributed by atoms with van der Waals surface area (Å²) in [5, 5.41) is 0. The maximum Gasteiger partial charge on any atom is 0.294 e. The number of rotatable bonds is 1. The first-order valence-electron chi connectivity index (χ1n) is 4.02. The van der Waals surface area contributed by atoms with Crippen molar-refractivity contribution in [3.8, 4) is 0 Å². The molecule has 0 bridgehead atoms. The molecule has 1 aromatic carbocycles. The van der Waals surface area contributed by atoms with Crippen molar-refractivity contribution in [3.63, 3.8) is 0 Å². The monoisotopic (exact) mass is 236 g/mol. The van der Waals surface area contributed by atoms with E-state index >= 15 is 0 Å². The van der Waals surface area contributed by atoms with Crippen LogP contribution in [0.2, 0.25) is 0 Å². The summed E-state index contributed by atoms with van der Waals surface area (Å²) in [4.78, 5) is -0.0666. The Balaban J connectivity index is 0.000000500. The maximum absolute atomic E-state index is 10.5. The smallest absolute Gasteiger partial charge is 0.282 e. The number of halogens is 1. The van der Waals surface area contributed by atoms with Crippen LogP contribution in [-0.2, 0) is 10.1 Å². The molecule has 0 unspecified atom stereocenters. The van der Waals surface area contributed by atoms with Crippen molar-refractivity contribution in [1.82, 2.24) is 0 Å². The summed E-state index contributed by atoms with van der Waals surface area (Å²) in [6.45, 7) is 3.73. The molecule has 3 nitrogen and oxygen atoms in total. The van der Waals surface area contributed by atoms with Gasteiger partial charge in [0.1, 0.15) is 0 Å². The molecule has 0 saturated heterocycles. The number of aryl methyl sites for hydroxylation is 1. The van der Waals surface area contributed by atoms with E-state index in [9.17, 15) is 8.42 Å². The van der Waals surface area contributed by atoms with E-state index in [1.807, 2.05) is 13.8 Å². The molecular weight excluding hydrogens is 224 g/mol. The van der Waals surface area contributed by atoms with Crippen LogP contribution in [0.1, 0.15) is 12.5 Å². The number of benzene rings is 1. The van der Waals surface area contributed by atoms with Crippen LogP contribution in [0.25, 0.3) is 0 Å². The third-order valence-electron chi connectivity index (χ3n) is 1.32. The lowest BCUT2D eigenvalue weighted by molar-refractivity contribution is 0.483. The van der Waals surface area contributed by atoms with Gasteiger partial charge in [0.05, 0.1) is 4.90 Å². The van der Waals surface area contributed by atoms with Gasteiger partial charge in [-0.15, -0.1) is 11.6 Å². The van der Waals surface area contributed by atoms with Crippen LogP contribution in [-0.4, -0.2) is 18.9 Å². The van der Waals surface area contributed by atoms with Gasteiger partial charge < -0.3 is 0 Å². The summed E-state index contributed by atoms with van der Waals surface area (Å²) >= 11 is 5.00. The molecule has 0 spiro atoms. The average molecular weight is 237 g/mol. The molecule has 14 heavy (non-hydrogen) atoms. The summed E-state index contributed by atoms with van der Waals surface area (Å²) in [6.07, 6.45) is 0. The van der Waals surface area contributed by atoms with Crippen molar-refractivity contribution in [2.24, 2.45) is 0 Å². The summed E-state index contributed by atoms with van der Waals surface area (Å²) in [6, 6.07) is 5.99. The molecule has 0 aliphatic heterocycles. The first-order chi connectivity index (χ1) is 6.41. The van der Waals surface area contributed by atoms with E-state index in [1.165, 1.54) is 12.1 Å². The van der Waals surface area contributed by atoms with Crippen molar-refractivity contribution >= 4 is 21.7 Å². The second kappa shape index (κ2) is 6.01. The molecule has 1 N–H and O–H groups in total. The quantitative estimate of drug-likeness (QED) is 0.602. The van der Waals surface area contributed by atoms with E-state index in [-0.39, 0.29) is 4.90 Å². The molecule has 0 saturated carbocycles. The summed E-state index contributed by atoms with van der Waals surface area (Å²) < 4.78 is 29.6. The van der Waals surface area contributed by atoms with Gasteiger partial charge in [0.25, 0.3) is 10.1 Å². The zero-order chi connectivity index (χ0) is 11.2. The number of hydrogen-bond donors (Lipinski definition) is 1. The lowest BCUT2D eigenvalue weighted by atomic mass is 10.2. The van der Waals surface area contributed by atoms with Gasteiger partial charge in [-0.25, -0.2) is 0 Å². The predicted molar refractivity (Wildman–Crippen MR) is 57.4 cm³/mol. The Hall–Kier alpha value is -0.580. The summed E-state index contributed by atoms with van der Waals surface area (Å²) in [5.74, 6) is 0.722. The van der Waals surface area contributed by atoms with E-state index in [0.717, 1.165) is 11.4 Å². The van der Waals surface area contributed by atoms with Crippen LogP contribution >= 0.6 is 11.6 Å². The molecule has 0 aliphatic carbocycles. The average Bonchev–Trinajstić information content (AvgIpc) is 2.04. The molecular formula is C9H13ClO3S. The van der Waals surface area contributed by atoms with Crippen LogP contribution < -0.4 is 0 Å². The van der Waals surface area contributed by atoms with E-state index in [1.54, 1.807) is 12.1 Å². The van der Waals surface area contributed by atoms with Gasteiger partial charge in [-0.3, -0.25) is 4.55 Å². The van der Waals surface area contributed by atoms with Crippen molar-refractivity contribution in [3.05, 3.63) is 29.8 Å². The Labute approximate surface area is 89.5 Å². The zero-order valence-corrected chi connectivity index (χ0v) is 9.64. The third-order valence-corrected chi connectivity index (χ3v) is 2.19. The molecule has 80 valence electrons. The number of alkyl halides is 1. The van der Waals surface area contributed by atoms with Crippen LogP contribution in [0.15, 0.2) is 29.2 Å².